The minimum absolute atomic E-state index is 0. The van der Waals surface area contributed by atoms with Crippen molar-refractivity contribution in [2.75, 3.05) is 38.3 Å². The summed E-state index contributed by atoms with van der Waals surface area (Å²) in [5, 5.41) is 6.59. The molecule has 0 aliphatic carbocycles. The Bertz CT molecular complexity index is 796. The zero-order valence-electron chi connectivity index (χ0n) is 17.6. The summed E-state index contributed by atoms with van der Waals surface area (Å²) in [6.07, 6.45) is 3.62. The maximum Gasteiger partial charge on any atom is 0.213 e. The van der Waals surface area contributed by atoms with E-state index >= 15 is 0 Å². The quantitative estimate of drug-likeness (QED) is 0.361. The molecule has 0 saturated carbocycles. The van der Waals surface area contributed by atoms with Crippen LogP contribution in [-0.4, -0.2) is 49.3 Å². The van der Waals surface area contributed by atoms with E-state index in [0.29, 0.717) is 24.9 Å². The van der Waals surface area contributed by atoms with E-state index in [2.05, 4.69) is 57.3 Å². The van der Waals surface area contributed by atoms with E-state index in [0.717, 1.165) is 43.4 Å². The molecule has 0 unspecified atom stereocenters. The molecular formula is C20H31IN6O2. The Labute approximate surface area is 189 Å². The van der Waals surface area contributed by atoms with Gasteiger partial charge in [-0.1, -0.05) is 26.8 Å². The van der Waals surface area contributed by atoms with Gasteiger partial charge in [0.25, 0.3) is 0 Å². The number of nitrogens with zero attached hydrogens (tertiary/aromatic N) is 4. The van der Waals surface area contributed by atoms with Gasteiger partial charge in [-0.25, -0.2) is 9.97 Å². The van der Waals surface area contributed by atoms with Crippen molar-refractivity contribution >= 4 is 35.8 Å². The fraction of sp³-hybridized carbons (Fsp3) is 0.550. The smallest absolute Gasteiger partial charge is 0.213 e. The molecule has 0 bridgehead atoms. The van der Waals surface area contributed by atoms with Crippen LogP contribution in [0.15, 0.2) is 33.9 Å². The molecule has 2 aromatic heterocycles. The Kier molecular flexibility index (Phi) is 8.69. The second kappa shape index (κ2) is 10.8. The molecule has 1 aliphatic heterocycles. The second-order valence-electron chi connectivity index (χ2n) is 7.73. The molecule has 9 heteroatoms. The van der Waals surface area contributed by atoms with E-state index in [1.807, 2.05) is 12.3 Å². The van der Waals surface area contributed by atoms with E-state index in [1.54, 1.807) is 13.2 Å². The zero-order valence-corrected chi connectivity index (χ0v) is 19.9. The molecule has 2 aromatic rings. The van der Waals surface area contributed by atoms with Gasteiger partial charge in [0.1, 0.15) is 11.6 Å². The minimum atomic E-state index is -0.0542. The van der Waals surface area contributed by atoms with Crippen LogP contribution in [0.4, 0.5) is 5.82 Å². The van der Waals surface area contributed by atoms with Crippen LogP contribution < -0.4 is 15.5 Å². The molecule has 1 fully saturated rings. The molecule has 8 nitrogen and oxygen atoms in total. The topological polar surface area (TPSA) is 87.8 Å². The van der Waals surface area contributed by atoms with Gasteiger partial charge in [-0.05, 0) is 6.07 Å². The van der Waals surface area contributed by atoms with Gasteiger partial charge in [0.05, 0.1) is 26.0 Å². The van der Waals surface area contributed by atoms with Crippen molar-refractivity contribution in [3.63, 3.8) is 0 Å². The van der Waals surface area contributed by atoms with Gasteiger partial charge in [0.15, 0.2) is 5.96 Å². The molecule has 160 valence electrons. The fourth-order valence-electron chi connectivity index (χ4n) is 2.93. The lowest BCUT2D eigenvalue weighted by Gasteiger charge is -2.29. The summed E-state index contributed by atoms with van der Waals surface area (Å²) in [4.78, 5) is 15.5. The van der Waals surface area contributed by atoms with Gasteiger partial charge in [-0.15, -0.1) is 24.0 Å². The number of ether oxygens (including phenoxy) is 1. The summed E-state index contributed by atoms with van der Waals surface area (Å²) in [5.74, 6) is 3.20. The van der Waals surface area contributed by atoms with E-state index in [-0.39, 0.29) is 29.4 Å². The second-order valence-corrected chi connectivity index (χ2v) is 7.73. The molecule has 0 radical (unpaired) electrons. The molecule has 29 heavy (non-hydrogen) atoms. The van der Waals surface area contributed by atoms with Crippen LogP contribution in [0.1, 0.15) is 38.0 Å². The average molecular weight is 514 g/mol. The number of oxazole rings is 1. The first-order chi connectivity index (χ1) is 13.5. The largest absolute Gasteiger partial charge is 0.443 e. The number of nitrogens with one attached hydrogen (secondary N) is 2. The van der Waals surface area contributed by atoms with Crippen LogP contribution in [0.2, 0.25) is 0 Å². The molecule has 0 spiro atoms. The monoisotopic (exact) mass is 514 g/mol. The number of pyridine rings is 1. The number of aromatic nitrogens is 2. The number of morpholine rings is 1. The Morgan fingerprint density at radius 1 is 1.17 bits per heavy atom. The maximum absolute atomic E-state index is 5.82. The summed E-state index contributed by atoms with van der Waals surface area (Å²) in [7, 11) is 1.75. The van der Waals surface area contributed by atoms with Crippen molar-refractivity contribution in [3.05, 3.63) is 41.7 Å². The number of hydrogen-bond donors (Lipinski definition) is 2. The molecule has 1 saturated heterocycles. The summed E-state index contributed by atoms with van der Waals surface area (Å²) in [6.45, 7) is 10.6. The molecule has 2 N–H and O–H groups in total. The SMILES string of the molecule is CN=C(NCc1ncc(C(C)(C)C)o1)NCc1cccnc1N1CCOCC1.I. The Balaban J connectivity index is 0.00000300. The highest BCUT2D eigenvalue weighted by atomic mass is 127. The van der Waals surface area contributed by atoms with E-state index in [9.17, 15) is 0 Å². The third-order valence-corrected chi connectivity index (χ3v) is 4.55. The van der Waals surface area contributed by atoms with E-state index in [1.165, 1.54) is 0 Å². The van der Waals surface area contributed by atoms with Crippen LogP contribution in [0.25, 0.3) is 0 Å². The number of halogens is 1. The number of hydrogen-bond acceptors (Lipinski definition) is 6. The van der Waals surface area contributed by atoms with Crippen molar-refractivity contribution in [1.82, 2.24) is 20.6 Å². The Morgan fingerprint density at radius 2 is 1.90 bits per heavy atom. The number of rotatable bonds is 5. The summed E-state index contributed by atoms with van der Waals surface area (Å²) in [5.41, 5.74) is 1.07. The van der Waals surface area contributed by atoms with Crippen LogP contribution in [0, 0.1) is 0 Å². The molecule has 0 aromatic carbocycles. The highest BCUT2D eigenvalue weighted by Gasteiger charge is 2.19. The van der Waals surface area contributed by atoms with Crippen molar-refractivity contribution in [1.29, 1.82) is 0 Å². The molecule has 3 heterocycles. The predicted molar refractivity (Wildman–Crippen MR) is 125 cm³/mol. The summed E-state index contributed by atoms with van der Waals surface area (Å²) >= 11 is 0. The highest BCUT2D eigenvalue weighted by molar-refractivity contribution is 14.0. The third-order valence-electron chi connectivity index (χ3n) is 4.55. The van der Waals surface area contributed by atoms with Crippen LogP contribution >= 0.6 is 24.0 Å². The molecule has 0 atom stereocenters. The molecule has 3 rings (SSSR count). The van der Waals surface area contributed by atoms with Crippen LogP contribution in [-0.2, 0) is 23.2 Å². The number of anilines is 1. The van der Waals surface area contributed by atoms with Gasteiger partial charge in [0.2, 0.25) is 5.89 Å². The van der Waals surface area contributed by atoms with Crippen molar-refractivity contribution in [2.45, 2.75) is 39.3 Å². The molecule has 1 aliphatic rings. The van der Waals surface area contributed by atoms with E-state index < -0.39 is 0 Å². The van der Waals surface area contributed by atoms with Crippen molar-refractivity contribution in [3.8, 4) is 0 Å². The summed E-state index contributed by atoms with van der Waals surface area (Å²) in [6, 6.07) is 4.04. The maximum atomic E-state index is 5.82. The van der Waals surface area contributed by atoms with Crippen LogP contribution in [0.3, 0.4) is 0 Å². The van der Waals surface area contributed by atoms with Gasteiger partial charge in [0, 0.05) is 43.9 Å². The predicted octanol–water partition coefficient (Wildman–Crippen LogP) is 2.69. The Hall–Kier alpha value is -1.88. The average Bonchev–Trinajstić information content (AvgIpc) is 3.19. The summed E-state index contributed by atoms with van der Waals surface area (Å²) < 4.78 is 11.3. The normalized spacial score (nSPS) is 15.0. The lowest BCUT2D eigenvalue weighted by molar-refractivity contribution is 0.122. The first-order valence-electron chi connectivity index (χ1n) is 9.63. The van der Waals surface area contributed by atoms with Gasteiger partial charge in [-0.2, -0.15) is 0 Å². The zero-order chi connectivity index (χ0) is 20.0. The lowest BCUT2D eigenvalue weighted by atomic mass is 9.94. The highest BCUT2D eigenvalue weighted by Crippen LogP contribution is 2.22. The fourth-order valence-corrected chi connectivity index (χ4v) is 2.93. The minimum Gasteiger partial charge on any atom is -0.443 e. The van der Waals surface area contributed by atoms with Crippen molar-refractivity contribution < 1.29 is 9.15 Å². The van der Waals surface area contributed by atoms with Gasteiger partial charge in [-0.3, -0.25) is 4.99 Å². The van der Waals surface area contributed by atoms with Crippen LogP contribution in [0.5, 0.6) is 0 Å². The lowest BCUT2D eigenvalue weighted by Crippen LogP contribution is -2.39. The third kappa shape index (κ3) is 6.56. The standard InChI is InChI=1S/C20H30N6O2.HI/c1-20(2,3)16-13-23-17(28-16)14-25-19(21-4)24-12-15-6-5-7-22-18(15)26-8-10-27-11-9-26;/h5-7,13H,8-12,14H2,1-4H3,(H2,21,24,25);1H. The van der Waals surface area contributed by atoms with Gasteiger partial charge >= 0.3 is 0 Å². The first-order valence-corrected chi connectivity index (χ1v) is 9.63. The number of aliphatic imine (C=N–C) groups is 1. The molecular weight excluding hydrogens is 483 g/mol. The van der Waals surface area contributed by atoms with Gasteiger partial charge < -0.3 is 24.7 Å². The van der Waals surface area contributed by atoms with Crippen molar-refractivity contribution in [2.24, 2.45) is 4.99 Å². The molecule has 0 amide bonds. The first kappa shape index (κ1) is 23.4. The Morgan fingerprint density at radius 3 is 2.55 bits per heavy atom. The number of guanidine groups is 1. The van der Waals surface area contributed by atoms with E-state index in [4.69, 9.17) is 9.15 Å².